The smallest absolute Gasteiger partial charge is 0.223 e. The van der Waals surface area contributed by atoms with Crippen molar-refractivity contribution in [1.82, 2.24) is 9.97 Å². The summed E-state index contributed by atoms with van der Waals surface area (Å²) in [6, 6.07) is 8.92. The first kappa shape index (κ1) is 17.5. The second-order valence-corrected chi connectivity index (χ2v) is 6.23. The Hall–Kier alpha value is -2.32. The van der Waals surface area contributed by atoms with Gasteiger partial charge in [0.2, 0.25) is 5.95 Å². The molecule has 3 rings (SSSR count). The van der Waals surface area contributed by atoms with Crippen molar-refractivity contribution in [3.05, 3.63) is 35.5 Å². The topological polar surface area (TPSA) is 109 Å². The van der Waals surface area contributed by atoms with E-state index in [2.05, 4.69) is 25.5 Å². The lowest BCUT2D eigenvalue weighted by molar-refractivity contribution is 0.162. The summed E-state index contributed by atoms with van der Waals surface area (Å²) < 4.78 is 13.8. The van der Waals surface area contributed by atoms with Gasteiger partial charge in [-0.2, -0.15) is 15.1 Å². The van der Waals surface area contributed by atoms with Gasteiger partial charge in [0.05, 0.1) is 5.69 Å². The number of nitrogen functional groups attached to an aromatic ring is 1. The Kier molecular flexibility index (Phi) is 5.40. The van der Waals surface area contributed by atoms with E-state index < -0.39 is 6.17 Å². The van der Waals surface area contributed by atoms with Crippen molar-refractivity contribution in [2.75, 3.05) is 17.7 Å². The summed E-state index contributed by atoms with van der Waals surface area (Å²) in [5, 5.41) is 20.6. The highest BCUT2D eigenvalue weighted by Crippen LogP contribution is 2.36. The van der Waals surface area contributed by atoms with Gasteiger partial charge in [-0.25, -0.2) is 4.39 Å². The third kappa shape index (κ3) is 4.21. The zero-order valence-corrected chi connectivity index (χ0v) is 14.1. The fourth-order valence-corrected chi connectivity index (χ4v) is 3.02. The van der Waals surface area contributed by atoms with Crippen LogP contribution in [0.1, 0.15) is 12.8 Å². The van der Waals surface area contributed by atoms with Crippen LogP contribution in [0.15, 0.2) is 40.6 Å². The molecule has 2 aromatic rings. The number of nitrogens with two attached hydrogens (primary N) is 1. The Morgan fingerprint density at radius 3 is 2.68 bits per heavy atom. The maximum atomic E-state index is 13.8. The summed E-state index contributed by atoms with van der Waals surface area (Å²) in [4.78, 5) is 8.01. The summed E-state index contributed by atoms with van der Waals surface area (Å²) in [6.07, 6.45) is -0.317. The Labute approximate surface area is 149 Å². The molecule has 0 saturated heterocycles. The normalized spacial score (nSPS) is 23.2. The minimum Gasteiger partial charge on any atom is -0.396 e. The number of halogens is 2. The van der Waals surface area contributed by atoms with E-state index in [-0.39, 0.29) is 41.8 Å². The third-order valence-electron chi connectivity index (χ3n) is 4.06. The van der Waals surface area contributed by atoms with Crippen LogP contribution >= 0.6 is 11.6 Å². The molecule has 0 bridgehead atoms. The van der Waals surface area contributed by atoms with Gasteiger partial charge in [0, 0.05) is 18.6 Å². The first-order chi connectivity index (χ1) is 12.1. The number of hydrogen-bond donors (Lipinski definition) is 3. The number of aliphatic hydroxyl groups is 1. The fraction of sp³-hybridized carbons (Fsp3) is 0.375. The van der Waals surface area contributed by atoms with Crippen LogP contribution in [0.4, 0.5) is 27.5 Å². The molecule has 0 unspecified atom stereocenters. The molecule has 1 aromatic heterocycles. The van der Waals surface area contributed by atoms with Gasteiger partial charge in [-0.1, -0.05) is 29.8 Å². The Morgan fingerprint density at radius 1 is 1.24 bits per heavy atom. The highest BCUT2D eigenvalue weighted by Gasteiger charge is 2.34. The molecule has 1 fully saturated rings. The van der Waals surface area contributed by atoms with Gasteiger partial charge < -0.3 is 16.2 Å². The van der Waals surface area contributed by atoms with Gasteiger partial charge >= 0.3 is 0 Å². The maximum absolute atomic E-state index is 13.8. The number of nitrogens with one attached hydrogen (secondary N) is 1. The van der Waals surface area contributed by atoms with Crippen molar-refractivity contribution in [2.24, 2.45) is 16.1 Å². The lowest BCUT2D eigenvalue weighted by Gasteiger charge is -2.15. The summed E-state index contributed by atoms with van der Waals surface area (Å²) in [6.45, 7) is -0.188. The Morgan fingerprint density at radius 2 is 2.00 bits per heavy atom. The van der Waals surface area contributed by atoms with E-state index in [9.17, 15) is 9.50 Å². The standard InChI is InChI=1S/C16H18ClFN6O/c17-14-13(24-23-10-4-2-1-3-5-10)15(22-16(19)21-14)20-11-6-9(8-25)12(18)7-11/h1-5,9,11-12,25H,6-8H2,(H3,19,20,21,22)/t9-,11-,12+/m1/s1. The van der Waals surface area contributed by atoms with Crippen LogP contribution in [0, 0.1) is 5.92 Å². The number of azo groups is 1. The average molecular weight is 365 g/mol. The van der Waals surface area contributed by atoms with Crippen LogP contribution < -0.4 is 11.1 Å². The van der Waals surface area contributed by atoms with E-state index >= 15 is 0 Å². The van der Waals surface area contributed by atoms with Gasteiger partial charge in [0.15, 0.2) is 16.7 Å². The molecule has 1 aliphatic rings. The minimum absolute atomic E-state index is 0.0142. The molecule has 3 atom stereocenters. The largest absolute Gasteiger partial charge is 0.396 e. The van der Waals surface area contributed by atoms with Crippen LogP contribution in [-0.4, -0.2) is 33.9 Å². The monoisotopic (exact) mass is 364 g/mol. The Bertz CT molecular complexity index is 760. The molecule has 1 aliphatic carbocycles. The minimum atomic E-state index is -1.06. The van der Waals surface area contributed by atoms with Gasteiger partial charge in [-0.15, -0.1) is 5.11 Å². The maximum Gasteiger partial charge on any atom is 0.223 e. The predicted molar refractivity (Wildman–Crippen MR) is 94.2 cm³/mol. The van der Waals surface area contributed by atoms with Crippen LogP contribution in [0.5, 0.6) is 0 Å². The molecule has 1 aromatic carbocycles. The third-order valence-corrected chi connectivity index (χ3v) is 4.33. The number of rotatable bonds is 5. The van der Waals surface area contributed by atoms with E-state index in [1.54, 1.807) is 12.1 Å². The highest BCUT2D eigenvalue weighted by molar-refractivity contribution is 6.32. The molecule has 0 amide bonds. The van der Waals surface area contributed by atoms with Gasteiger partial charge in [-0.3, -0.25) is 0 Å². The highest BCUT2D eigenvalue weighted by atomic mass is 35.5. The van der Waals surface area contributed by atoms with Crippen LogP contribution in [0.2, 0.25) is 5.15 Å². The van der Waals surface area contributed by atoms with Crippen LogP contribution in [0.25, 0.3) is 0 Å². The van der Waals surface area contributed by atoms with E-state index in [0.717, 1.165) is 0 Å². The van der Waals surface area contributed by atoms with Crippen molar-refractivity contribution in [3.63, 3.8) is 0 Å². The number of nitrogens with zero attached hydrogens (tertiary/aromatic N) is 4. The predicted octanol–water partition coefficient (Wildman–Crippen LogP) is 3.65. The molecule has 9 heteroatoms. The van der Waals surface area contributed by atoms with Gasteiger partial charge in [-0.05, 0) is 25.0 Å². The number of anilines is 2. The molecule has 0 aliphatic heterocycles. The molecule has 7 nitrogen and oxygen atoms in total. The first-order valence-corrected chi connectivity index (χ1v) is 8.26. The zero-order chi connectivity index (χ0) is 17.8. The zero-order valence-electron chi connectivity index (χ0n) is 13.3. The fourth-order valence-electron chi connectivity index (χ4n) is 2.81. The first-order valence-electron chi connectivity index (χ1n) is 7.88. The lowest BCUT2D eigenvalue weighted by atomic mass is 10.1. The van der Waals surface area contributed by atoms with E-state index in [4.69, 9.17) is 17.3 Å². The molecule has 132 valence electrons. The van der Waals surface area contributed by atoms with Crippen molar-refractivity contribution < 1.29 is 9.50 Å². The Balaban J connectivity index is 1.85. The number of hydrogen-bond acceptors (Lipinski definition) is 7. The lowest BCUT2D eigenvalue weighted by Crippen LogP contribution is -2.18. The molecular weight excluding hydrogens is 347 g/mol. The summed E-state index contributed by atoms with van der Waals surface area (Å²) in [7, 11) is 0. The second kappa shape index (κ2) is 7.71. The van der Waals surface area contributed by atoms with Crippen molar-refractivity contribution in [3.8, 4) is 0 Å². The number of benzene rings is 1. The van der Waals surface area contributed by atoms with E-state index in [0.29, 0.717) is 17.9 Å². The average Bonchev–Trinajstić information content (AvgIpc) is 2.94. The van der Waals surface area contributed by atoms with Crippen LogP contribution in [-0.2, 0) is 0 Å². The van der Waals surface area contributed by atoms with Gasteiger partial charge in [0.1, 0.15) is 6.17 Å². The number of alkyl halides is 1. The molecule has 25 heavy (non-hydrogen) atoms. The van der Waals surface area contributed by atoms with E-state index in [1.807, 2.05) is 18.2 Å². The van der Waals surface area contributed by atoms with Crippen molar-refractivity contribution in [1.29, 1.82) is 0 Å². The quantitative estimate of drug-likeness (QED) is 0.554. The summed E-state index contributed by atoms with van der Waals surface area (Å²) in [5.41, 5.74) is 6.54. The summed E-state index contributed by atoms with van der Waals surface area (Å²) >= 11 is 6.13. The number of aliphatic hydroxyl groups excluding tert-OH is 1. The second-order valence-electron chi connectivity index (χ2n) is 5.88. The van der Waals surface area contributed by atoms with E-state index in [1.165, 1.54) is 0 Å². The SMILES string of the molecule is Nc1nc(Cl)c(N=Nc2ccccc2)c(N[C@@H]2C[C@H](CO)[C@@H](F)C2)n1. The molecular formula is C16H18ClFN6O. The molecule has 4 N–H and O–H groups in total. The number of aromatic nitrogens is 2. The summed E-state index contributed by atoms with van der Waals surface area (Å²) in [5.74, 6) is -0.103. The van der Waals surface area contributed by atoms with Crippen LogP contribution in [0.3, 0.4) is 0 Å². The van der Waals surface area contributed by atoms with Crippen molar-refractivity contribution >= 4 is 34.7 Å². The molecule has 1 saturated carbocycles. The molecule has 0 radical (unpaired) electrons. The van der Waals surface area contributed by atoms with Gasteiger partial charge in [0.25, 0.3) is 0 Å². The molecule has 1 heterocycles. The van der Waals surface area contributed by atoms with Crippen molar-refractivity contribution in [2.45, 2.75) is 25.1 Å². The molecule has 0 spiro atoms.